The molecule has 0 aliphatic carbocycles. The van der Waals surface area contributed by atoms with Gasteiger partial charge in [-0.25, -0.2) is 4.39 Å². The zero-order chi connectivity index (χ0) is 22.5. The van der Waals surface area contributed by atoms with Crippen LogP contribution in [-0.2, 0) is 4.79 Å². The largest absolute Gasteiger partial charge is 0.323 e. The lowest BCUT2D eigenvalue weighted by Gasteiger charge is -2.16. The minimum absolute atomic E-state index is 0.0589. The number of hydrogen-bond acceptors (Lipinski definition) is 5. The molecule has 1 amide bonds. The summed E-state index contributed by atoms with van der Waals surface area (Å²) in [5.74, 6) is 0.179. The predicted octanol–water partition coefficient (Wildman–Crippen LogP) is 5.32. The molecule has 2 aromatic carbocycles. The van der Waals surface area contributed by atoms with Gasteiger partial charge in [-0.2, -0.15) is 0 Å². The molecule has 162 valence electrons. The van der Waals surface area contributed by atoms with E-state index >= 15 is 0 Å². The number of benzene rings is 2. The Kier molecular flexibility index (Phi) is 6.61. The van der Waals surface area contributed by atoms with Crippen molar-refractivity contribution in [3.05, 3.63) is 84.4 Å². The van der Waals surface area contributed by atoms with E-state index in [2.05, 4.69) is 40.4 Å². The van der Waals surface area contributed by atoms with Gasteiger partial charge in [-0.05, 0) is 41.8 Å². The molecule has 2 heterocycles. The van der Waals surface area contributed by atoms with Crippen molar-refractivity contribution in [2.45, 2.75) is 24.9 Å². The smallest absolute Gasteiger partial charge is 0.234 e. The fourth-order valence-electron chi connectivity index (χ4n) is 3.32. The fraction of sp³-hybridized carbons (Fsp3) is 0.167. The number of nitrogens with one attached hydrogen (secondary N) is 1. The fourth-order valence-corrected chi connectivity index (χ4v) is 4.07. The van der Waals surface area contributed by atoms with Gasteiger partial charge in [-0.3, -0.25) is 14.3 Å². The molecule has 0 saturated carbocycles. The number of anilines is 1. The second-order valence-corrected chi connectivity index (χ2v) is 8.36. The lowest BCUT2D eigenvalue weighted by atomic mass is 10.0. The van der Waals surface area contributed by atoms with Crippen LogP contribution >= 0.6 is 11.8 Å². The molecule has 0 saturated heterocycles. The summed E-state index contributed by atoms with van der Waals surface area (Å²) in [7, 11) is 0. The minimum Gasteiger partial charge on any atom is -0.323 e. The van der Waals surface area contributed by atoms with Crippen LogP contribution in [0, 0.1) is 5.82 Å². The molecule has 0 atom stereocenters. The number of amides is 1. The van der Waals surface area contributed by atoms with E-state index in [9.17, 15) is 9.18 Å². The van der Waals surface area contributed by atoms with Gasteiger partial charge in [-0.15, -0.1) is 10.2 Å². The minimum atomic E-state index is -0.473. The molecule has 4 rings (SSSR count). The number of thioether (sulfide) groups is 1. The van der Waals surface area contributed by atoms with Gasteiger partial charge in [0.25, 0.3) is 0 Å². The third-order valence-corrected chi connectivity index (χ3v) is 5.76. The number of para-hydroxylation sites is 2. The molecule has 0 fully saturated rings. The molecule has 4 aromatic rings. The highest BCUT2D eigenvalue weighted by Gasteiger charge is 2.20. The second-order valence-electron chi connectivity index (χ2n) is 7.41. The van der Waals surface area contributed by atoms with Gasteiger partial charge in [0, 0.05) is 18.0 Å². The Hall–Kier alpha value is -3.52. The van der Waals surface area contributed by atoms with Gasteiger partial charge in [0.1, 0.15) is 5.82 Å². The molecular weight excluding hydrogens is 425 g/mol. The molecular formula is C24H22FN5OS. The van der Waals surface area contributed by atoms with Crippen molar-refractivity contribution >= 4 is 23.4 Å². The SMILES string of the molecule is CC(C)c1ccccc1-n1c(SCC(=O)Nc2ccccc2F)nnc1-c1cccnc1. The number of carbonyl (C=O) groups is 1. The zero-order valence-electron chi connectivity index (χ0n) is 17.7. The first-order valence-corrected chi connectivity index (χ1v) is 11.2. The van der Waals surface area contributed by atoms with Crippen LogP contribution < -0.4 is 5.32 Å². The summed E-state index contributed by atoms with van der Waals surface area (Å²) in [6, 6.07) is 17.9. The summed E-state index contributed by atoms with van der Waals surface area (Å²) in [4.78, 5) is 16.7. The van der Waals surface area contributed by atoms with Crippen molar-refractivity contribution in [1.82, 2.24) is 19.7 Å². The molecule has 0 aliphatic rings. The van der Waals surface area contributed by atoms with Gasteiger partial charge in [0.15, 0.2) is 11.0 Å². The van der Waals surface area contributed by atoms with Gasteiger partial charge >= 0.3 is 0 Å². The summed E-state index contributed by atoms with van der Waals surface area (Å²) in [6.45, 7) is 4.25. The van der Waals surface area contributed by atoms with E-state index < -0.39 is 5.82 Å². The number of rotatable bonds is 7. The molecule has 2 aromatic heterocycles. The van der Waals surface area contributed by atoms with Crippen LogP contribution in [0.25, 0.3) is 17.1 Å². The van der Waals surface area contributed by atoms with Crippen molar-refractivity contribution in [3.8, 4) is 17.1 Å². The lowest BCUT2D eigenvalue weighted by Crippen LogP contribution is -2.15. The third-order valence-electron chi connectivity index (χ3n) is 4.83. The molecule has 0 unspecified atom stereocenters. The Morgan fingerprint density at radius 3 is 2.59 bits per heavy atom. The number of carbonyl (C=O) groups excluding carboxylic acids is 1. The average Bonchev–Trinajstić information content (AvgIpc) is 3.23. The van der Waals surface area contributed by atoms with Crippen molar-refractivity contribution < 1.29 is 9.18 Å². The summed E-state index contributed by atoms with van der Waals surface area (Å²) >= 11 is 1.25. The molecule has 0 spiro atoms. The van der Waals surface area contributed by atoms with E-state index in [0.29, 0.717) is 11.0 Å². The number of pyridine rings is 1. The molecule has 6 nitrogen and oxygen atoms in total. The van der Waals surface area contributed by atoms with E-state index in [1.165, 1.54) is 23.9 Å². The Morgan fingerprint density at radius 2 is 1.84 bits per heavy atom. The number of aromatic nitrogens is 4. The zero-order valence-corrected chi connectivity index (χ0v) is 18.5. The van der Waals surface area contributed by atoms with Crippen molar-refractivity contribution in [1.29, 1.82) is 0 Å². The van der Waals surface area contributed by atoms with Crippen LogP contribution in [0.2, 0.25) is 0 Å². The molecule has 8 heteroatoms. The molecule has 0 radical (unpaired) electrons. The highest BCUT2D eigenvalue weighted by atomic mass is 32.2. The molecule has 32 heavy (non-hydrogen) atoms. The van der Waals surface area contributed by atoms with E-state index in [4.69, 9.17) is 0 Å². The van der Waals surface area contributed by atoms with Crippen LogP contribution in [0.5, 0.6) is 0 Å². The molecule has 1 N–H and O–H groups in total. The van der Waals surface area contributed by atoms with Gasteiger partial charge in [0.05, 0.1) is 17.1 Å². The van der Waals surface area contributed by atoms with Crippen molar-refractivity contribution in [3.63, 3.8) is 0 Å². The third kappa shape index (κ3) is 4.70. The maximum absolute atomic E-state index is 13.9. The standard InChI is InChI=1S/C24H22FN5OS/c1-16(2)18-9-3-6-12-21(18)30-23(17-8-7-13-26-14-17)28-29-24(30)32-15-22(31)27-20-11-5-4-10-19(20)25/h3-14,16H,15H2,1-2H3,(H,27,31). The number of hydrogen-bond donors (Lipinski definition) is 1. The molecule has 0 aliphatic heterocycles. The monoisotopic (exact) mass is 447 g/mol. The van der Waals surface area contributed by atoms with Crippen LogP contribution in [0.3, 0.4) is 0 Å². The van der Waals surface area contributed by atoms with Crippen molar-refractivity contribution in [2.75, 3.05) is 11.1 Å². The Labute approximate surface area is 189 Å². The van der Waals surface area contributed by atoms with Gasteiger partial charge in [0.2, 0.25) is 5.91 Å². The Morgan fingerprint density at radius 1 is 1.06 bits per heavy atom. The van der Waals surface area contributed by atoms with Crippen LogP contribution in [0.15, 0.2) is 78.2 Å². The first kappa shape index (κ1) is 21.7. The quantitative estimate of drug-likeness (QED) is 0.388. The summed E-state index contributed by atoms with van der Waals surface area (Å²) in [6.07, 6.45) is 3.44. The van der Waals surface area contributed by atoms with Gasteiger partial charge < -0.3 is 5.32 Å². The molecule has 0 bridgehead atoms. The normalized spacial score (nSPS) is 11.0. The van der Waals surface area contributed by atoms with E-state index in [0.717, 1.165) is 16.8 Å². The van der Waals surface area contributed by atoms with Gasteiger partial charge in [-0.1, -0.05) is 55.9 Å². The maximum Gasteiger partial charge on any atom is 0.234 e. The number of halogens is 1. The van der Waals surface area contributed by atoms with Crippen molar-refractivity contribution in [2.24, 2.45) is 0 Å². The highest BCUT2D eigenvalue weighted by molar-refractivity contribution is 7.99. The van der Waals surface area contributed by atoms with E-state index in [1.807, 2.05) is 34.9 Å². The highest BCUT2D eigenvalue weighted by Crippen LogP contribution is 2.32. The van der Waals surface area contributed by atoms with Crippen LogP contribution in [0.4, 0.5) is 10.1 Å². The predicted molar refractivity (Wildman–Crippen MR) is 124 cm³/mol. The second kappa shape index (κ2) is 9.74. The Balaban J connectivity index is 1.67. The summed E-state index contributed by atoms with van der Waals surface area (Å²) in [5, 5.41) is 11.9. The average molecular weight is 448 g/mol. The first-order valence-electron chi connectivity index (χ1n) is 10.2. The summed E-state index contributed by atoms with van der Waals surface area (Å²) < 4.78 is 15.8. The number of nitrogens with zero attached hydrogens (tertiary/aromatic N) is 4. The lowest BCUT2D eigenvalue weighted by molar-refractivity contribution is -0.113. The maximum atomic E-state index is 13.9. The van der Waals surface area contributed by atoms with Crippen LogP contribution in [-0.4, -0.2) is 31.4 Å². The van der Waals surface area contributed by atoms with E-state index in [1.54, 1.807) is 24.5 Å². The topological polar surface area (TPSA) is 72.7 Å². The van der Waals surface area contributed by atoms with Crippen LogP contribution in [0.1, 0.15) is 25.3 Å². The first-order chi connectivity index (χ1) is 15.5. The summed E-state index contributed by atoms with van der Waals surface area (Å²) in [5.41, 5.74) is 3.06. The van der Waals surface area contributed by atoms with E-state index in [-0.39, 0.29) is 23.3 Å². The Bertz CT molecular complexity index is 1230.